The van der Waals surface area contributed by atoms with Gasteiger partial charge < -0.3 is 35.2 Å². The third-order valence-corrected chi connectivity index (χ3v) is 9.56. The van der Waals surface area contributed by atoms with Gasteiger partial charge >= 0.3 is 0 Å². The van der Waals surface area contributed by atoms with Crippen LogP contribution in [-0.2, 0) is 29.1 Å². The van der Waals surface area contributed by atoms with Gasteiger partial charge in [0.05, 0.1) is 37.5 Å². The number of amides is 2. The molecule has 0 aliphatic carbocycles. The maximum atomic E-state index is 13.8. The number of aliphatic hydroxyl groups excluding tert-OH is 2. The lowest BCUT2D eigenvalue weighted by Gasteiger charge is -2.40. The van der Waals surface area contributed by atoms with E-state index in [0.29, 0.717) is 19.5 Å². The summed E-state index contributed by atoms with van der Waals surface area (Å²) in [5, 5.41) is 27.5. The highest BCUT2D eigenvalue weighted by Crippen LogP contribution is 2.29. The summed E-state index contributed by atoms with van der Waals surface area (Å²) in [6, 6.07) is -0.376. The summed E-state index contributed by atoms with van der Waals surface area (Å²) >= 11 is 0. The first-order valence-corrected chi connectivity index (χ1v) is 15.1. The lowest BCUT2D eigenvalue weighted by atomic mass is 10.0. The van der Waals surface area contributed by atoms with Gasteiger partial charge in [-0.05, 0) is 32.4 Å². The van der Waals surface area contributed by atoms with Gasteiger partial charge in [0.15, 0.2) is 0 Å². The Morgan fingerprint density at radius 1 is 1.00 bits per heavy atom. The van der Waals surface area contributed by atoms with Crippen LogP contribution in [0.15, 0.2) is 0 Å². The molecule has 0 aromatic heterocycles. The summed E-state index contributed by atoms with van der Waals surface area (Å²) in [7, 11) is -3.72. The van der Waals surface area contributed by atoms with Crippen LogP contribution in [0.5, 0.6) is 0 Å². The monoisotopic (exact) mass is 545 g/mol. The molecule has 13 nitrogen and oxygen atoms in total. The number of hydrogen-bond donors (Lipinski definition) is 4. The van der Waals surface area contributed by atoms with Gasteiger partial charge in [-0.15, -0.1) is 0 Å². The van der Waals surface area contributed by atoms with E-state index < -0.39 is 40.5 Å². The smallest absolute Gasteiger partial charge is 0.240 e. The fourth-order valence-corrected chi connectivity index (χ4v) is 7.23. The Bertz CT molecular complexity index is 963. The molecule has 4 N–H and O–H groups in total. The molecule has 0 aromatic carbocycles. The molecule has 37 heavy (non-hydrogen) atoms. The molecule has 5 rings (SSSR count). The maximum Gasteiger partial charge on any atom is 0.240 e. The van der Waals surface area contributed by atoms with E-state index >= 15 is 0 Å². The normalized spacial score (nSPS) is 39.6. The summed E-state index contributed by atoms with van der Waals surface area (Å²) in [5.74, 6) is -0.352. The fourth-order valence-electron chi connectivity index (χ4n) is 6.38. The van der Waals surface area contributed by atoms with Crippen LogP contribution in [0.3, 0.4) is 0 Å². The fraction of sp³-hybridized carbons (Fsp3) is 0.913. The number of nitrogens with one attached hydrogen (secondary N) is 2. The Hall–Kier alpha value is -1.39. The summed E-state index contributed by atoms with van der Waals surface area (Å²) < 4.78 is 38.0. The molecule has 5 aliphatic rings. The molecule has 0 aromatic rings. The van der Waals surface area contributed by atoms with E-state index in [0.717, 1.165) is 36.5 Å². The average Bonchev–Trinajstić information content (AvgIpc) is 3.39. The first-order valence-electron chi connectivity index (χ1n) is 13.2. The summed E-state index contributed by atoms with van der Waals surface area (Å²) in [6.45, 7) is 3.05. The van der Waals surface area contributed by atoms with Crippen LogP contribution < -0.4 is 10.6 Å². The number of rotatable bonds is 2. The molecule has 7 atom stereocenters. The van der Waals surface area contributed by atoms with E-state index in [9.17, 15) is 28.2 Å². The summed E-state index contributed by atoms with van der Waals surface area (Å²) in [4.78, 5) is 30.7. The van der Waals surface area contributed by atoms with Crippen molar-refractivity contribution in [2.45, 2.75) is 74.3 Å². The number of nitrogens with zero attached hydrogens (tertiary/aromatic N) is 3. The Balaban J connectivity index is 1.42. The third-order valence-electron chi connectivity index (χ3n) is 8.33. The average molecular weight is 546 g/mol. The zero-order valence-corrected chi connectivity index (χ0v) is 22.0. The van der Waals surface area contributed by atoms with Crippen LogP contribution in [0.4, 0.5) is 0 Å². The van der Waals surface area contributed by atoms with Crippen molar-refractivity contribution >= 4 is 21.8 Å². The van der Waals surface area contributed by atoms with Gasteiger partial charge in [-0.2, -0.15) is 4.31 Å². The van der Waals surface area contributed by atoms with Gasteiger partial charge in [0, 0.05) is 44.8 Å². The van der Waals surface area contributed by atoms with Crippen molar-refractivity contribution < 1.29 is 37.7 Å². The first kappa shape index (κ1) is 27.2. The van der Waals surface area contributed by atoms with Gasteiger partial charge in [0.2, 0.25) is 21.8 Å². The van der Waals surface area contributed by atoms with Gasteiger partial charge in [-0.3, -0.25) is 14.5 Å². The largest absolute Gasteiger partial charge is 0.388 e. The zero-order valence-electron chi connectivity index (χ0n) is 21.2. The van der Waals surface area contributed by atoms with Crippen molar-refractivity contribution in [3.63, 3.8) is 0 Å². The molecule has 210 valence electrons. The van der Waals surface area contributed by atoms with Crippen molar-refractivity contribution in [2.24, 2.45) is 0 Å². The number of sulfonamides is 1. The predicted molar refractivity (Wildman–Crippen MR) is 131 cm³/mol. The molecular weight excluding hydrogens is 506 g/mol. The molecule has 0 saturated carbocycles. The summed E-state index contributed by atoms with van der Waals surface area (Å²) in [5.41, 5.74) is 0. The van der Waals surface area contributed by atoms with Gasteiger partial charge in [-0.25, -0.2) is 8.42 Å². The topological polar surface area (TPSA) is 161 Å². The minimum Gasteiger partial charge on any atom is -0.388 e. The second-order valence-corrected chi connectivity index (χ2v) is 12.9. The van der Waals surface area contributed by atoms with Crippen molar-refractivity contribution in [2.75, 3.05) is 58.7 Å². The van der Waals surface area contributed by atoms with E-state index in [1.807, 2.05) is 0 Å². The van der Waals surface area contributed by atoms with Crippen molar-refractivity contribution in [1.29, 1.82) is 0 Å². The molecule has 0 unspecified atom stereocenters. The van der Waals surface area contributed by atoms with E-state index in [-0.39, 0.29) is 62.6 Å². The molecule has 5 saturated heterocycles. The molecule has 6 bridgehead atoms. The number of piperidine rings is 1. The van der Waals surface area contributed by atoms with Crippen molar-refractivity contribution in [3.8, 4) is 0 Å². The molecule has 0 radical (unpaired) electrons. The van der Waals surface area contributed by atoms with E-state index in [4.69, 9.17) is 9.47 Å². The zero-order chi connectivity index (χ0) is 26.3. The van der Waals surface area contributed by atoms with E-state index in [1.165, 1.54) is 0 Å². The number of hydrogen-bond acceptors (Lipinski definition) is 10. The predicted octanol–water partition coefficient (Wildman–Crippen LogP) is -3.32. The van der Waals surface area contributed by atoms with Gasteiger partial charge in [0.1, 0.15) is 18.3 Å². The first-order chi connectivity index (χ1) is 17.6. The van der Waals surface area contributed by atoms with E-state index in [1.54, 1.807) is 4.90 Å². The van der Waals surface area contributed by atoms with Crippen LogP contribution >= 0.6 is 0 Å². The Kier molecular flexibility index (Phi) is 8.08. The van der Waals surface area contributed by atoms with Gasteiger partial charge in [-0.1, -0.05) is 0 Å². The summed E-state index contributed by atoms with van der Waals surface area (Å²) in [6.07, 6.45) is -1.95. The highest BCUT2D eigenvalue weighted by Gasteiger charge is 2.47. The minimum atomic E-state index is -3.72. The number of fused-ring (bicyclic) bond motifs is 6. The Labute approximate surface area is 217 Å². The van der Waals surface area contributed by atoms with Crippen LogP contribution in [0, 0.1) is 0 Å². The second kappa shape index (κ2) is 11.0. The van der Waals surface area contributed by atoms with Crippen LogP contribution in [0.1, 0.15) is 25.7 Å². The molecule has 5 heterocycles. The minimum absolute atomic E-state index is 0.0122. The Morgan fingerprint density at radius 3 is 2.46 bits per heavy atom. The molecular formula is C23H39N5O8S. The van der Waals surface area contributed by atoms with Crippen LogP contribution in [0.2, 0.25) is 0 Å². The van der Waals surface area contributed by atoms with Crippen LogP contribution in [0.25, 0.3) is 0 Å². The highest BCUT2D eigenvalue weighted by molar-refractivity contribution is 7.88. The molecule has 0 spiro atoms. The number of ether oxygens (including phenoxy) is 2. The molecule has 2 amide bonds. The molecule has 5 aliphatic heterocycles. The lowest BCUT2D eigenvalue weighted by molar-refractivity contribution is -0.145. The number of morpholine rings is 1. The molecule has 5 fully saturated rings. The van der Waals surface area contributed by atoms with Crippen LogP contribution in [-0.4, -0.2) is 152 Å². The Morgan fingerprint density at radius 2 is 1.73 bits per heavy atom. The quantitative estimate of drug-likeness (QED) is 0.276. The maximum absolute atomic E-state index is 13.8. The number of aliphatic hydroxyl groups is 2. The van der Waals surface area contributed by atoms with E-state index in [2.05, 4.69) is 15.5 Å². The molecule has 14 heteroatoms. The number of likely N-dealkylation sites (tertiary alicyclic amines) is 1. The number of carbonyl (C=O) groups excluding carboxylic acids is 2. The number of carbonyl (C=O) groups is 2. The third kappa shape index (κ3) is 5.96. The lowest BCUT2D eigenvalue weighted by Crippen LogP contribution is -2.56. The van der Waals surface area contributed by atoms with Crippen molar-refractivity contribution in [1.82, 2.24) is 24.7 Å². The second-order valence-electron chi connectivity index (χ2n) is 10.9. The van der Waals surface area contributed by atoms with Gasteiger partial charge in [0.25, 0.3) is 0 Å². The highest BCUT2D eigenvalue weighted by atomic mass is 32.2. The SMILES string of the molecule is CS(=O)(=O)N1C[C@@H]2CN(CCO2)C(=O)[C@@H]2C[C@@H](CN2C2CCNCC2)NC(=O)C[C@@H]2O[C@H](C1)[C@@H](O)[C@H]2O. The van der Waals surface area contributed by atoms with Crippen molar-refractivity contribution in [3.05, 3.63) is 0 Å². The standard InChI is InChI=1S/C23H39N5O8S/c1-37(33,34)27-12-16-11-26(6-7-35-16)23(32)17-8-14(10-28(17)15-2-4-24-5-3-15)25-20(29)9-18-21(30)22(31)19(13-27)36-18/h14-19,21-22,24,30-31H,2-13H2,1H3,(H,25,29)/t14-,16-,17-,18-,19+,21-,22+/m0/s1.